The summed E-state index contributed by atoms with van der Waals surface area (Å²) in [4.78, 5) is 3.96. The molecule has 0 aliphatic rings. The molecule has 0 spiro atoms. The highest BCUT2D eigenvalue weighted by Crippen LogP contribution is 2.17. The Kier molecular flexibility index (Phi) is 5.43. The van der Waals surface area contributed by atoms with E-state index in [4.69, 9.17) is 16.3 Å². The number of nitrogens with one attached hydrogen (secondary N) is 1. The molecule has 1 unspecified atom stereocenters. The van der Waals surface area contributed by atoms with Crippen molar-refractivity contribution in [3.8, 4) is 5.75 Å². The zero-order valence-electron chi connectivity index (χ0n) is 9.16. The van der Waals surface area contributed by atoms with E-state index in [9.17, 15) is 0 Å². The molecule has 1 rings (SSSR count). The van der Waals surface area contributed by atoms with Gasteiger partial charge in [0.2, 0.25) is 0 Å². The van der Waals surface area contributed by atoms with Gasteiger partial charge in [-0.05, 0) is 33.4 Å². The Labute approximate surface area is 95.8 Å². The van der Waals surface area contributed by atoms with Crippen molar-refractivity contribution in [2.24, 2.45) is 0 Å². The number of ether oxygens (including phenoxy) is 1. The van der Waals surface area contributed by atoms with Gasteiger partial charge in [0, 0.05) is 12.3 Å². The number of nitrogens with zero attached hydrogens (tertiary/aromatic N) is 1. The predicted octanol–water partition coefficient (Wildman–Crippen LogP) is 2.50. The monoisotopic (exact) mass is 228 g/mol. The summed E-state index contributed by atoms with van der Waals surface area (Å²) in [6, 6.07) is 1.78. The summed E-state index contributed by atoms with van der Waals surface area (Å²) in [6.07, 6.45) is 5.60. The molecule has 1 heterocycles. The second-order valence-corrected chi connectivity index (χ2v) is 3.95. The molecule has 1 atom stereocenters. The number of hydrogen-bond acceptors (Lipinski definition) is 3. The molecule has 0 radical (unpaired) electrons. The predicted molar refractivity (Wildman–Crippen MR) is 62.5 cm³/mol. The molecule has 0 fully saturated rings. The van der Waals surface area contributed by atoms with Gasteiger partial charge in [-0.3, -0.25) is 4.98 Å². The lowest BCUT2D eigenvalue weighted by Crippen LogP contribution is -2.15. The van der Waals surface area contributed by atoms with Gasteiger partial charge in [0.15, 0.2) is 0 Å². The van der Waals surface area contributed by atoms with Crippen LogP contribution in [0.5, 0.6) is 5.75 Å². The average Bonchev–Trinajstić information content (AvgIpc) is 2.18. The average molecular weight is 229 g/mol. The van der Waals surface area contributed by atoms with Gasteiger partial charge >= 0.3 is 0 Å². The third-order valence-corrected chi connectivity index (χ3v) is 2.26. The molecule has 0 aliphatic heterocycles. The van der Waals surface area contributed by atoms with E-state index in [1.807, 2.05) is 7.05 Å². The Morgan fingerprint density at radius 1 is 1.53 bits per heavy atom. The van der Waals surface area contributed by atoms with Gasteiger partial charge in [-0.25, -0.2) is 0 Å². The third kappa shape index (κ3) is 5.00. The van der Waals surface area contributed by atoms with E-state index < -0.39 is 0 Å². The van der Waals surface area contributed by atoms with Crippen LogP contribution in [0.2, 0.25) is 5.02 Å². The van der Waals surface area contributed by atoms with E-state index in [-0.39, 0.29) is 6.10 Å². The second kappa shape index (κ2) is 6.64. The summed E-state index contributed by atoms with van der Waals surface area (Å²) in [5, 5.41) is 3.71. The largest absolute Gasteiger partial charge is 0.489 e. The van der Waals surface area contributed by atoms with Crippen molar-refractivity contribution in [2.45, 2.75) is 25.9 Å². The fraction of sp³-hybridized carbons (Fsp3) is 0.545. The van der Waals surface area contributed by atoms with Crippen LogP contribution in [-0.2, 0) is 0 Å². The highest BCUT2D eigenvalue weighted by Gasteiger charge is 2.04. The van der Waals surface area contributed by atoms with Crippen LogP contribution >= 0.6 is 11.6 Å². The first-order chi connectivity index (χ1) is 7.22. The summed E-state index contributed by atoms with van der Waals surface area (Å²) in [7, 11) is 1.95. The van der Waals surface area contributed by atoms with E-state index in [1.54, 1.807) is 18.5 Å². The first-order valence-corrected chi connectivity index (χ1v) is 5.52. The van der Waals surface area contributed by atoms with Crippen molar-refractivity contribution in [1.29, 1.82) is 0 Å². The van der Waals surface area contributed by atoms with Crippen molar-refractivity contribution in [3.05, 3.63) is 23.5 Å². The molecule has 0 amide bonds. The maximum atomic E-state index is 5.80. The first-order valence-electron chi connectivity index (χ1n) is 5.14. The Morgan fingerprint density at radius 2 is 2.33 bits per heavy atom. The number of hydrogen-bond donors (Lipinski definition) is 1. The molecule has 84 valence electrons. The van der Waals surface area contributed by atoms with Crippen LogP contribution in [0.3, 0.4) is 0 Å². The van der Waals surface area contributed by atoms with Crippen LogP contribution in [-0.4, -0.2) is 24.7 Å². The lowest BCUT2D eigenvalue weighted by Gasteiger charge is -2.14. The van der Waals surface area contributed by atoms with E-state index in [0.717, 1.165) is 25.1 Å². The quantitative estimate of drug-likeness (QED) is 0.760. The Bertz CT molecular complexity index is 294. The molecule has 0 aromatic carbocycles. The van der Waals surface area contributed by atoms with Crippen LogP contribution in [0.25, 0.3) is 0 Å². The van der Waals surface area contributed by atoms with Crippen LogP contribution in [0.15, 0.2) is 18.5 Å². The third-order valence-electron chi connectivity index (χ3n) is 2.05. The van der Waals surface area contributed by atoms with Crippen molar-refractivity contribution in [1.82, 2.24) is 10.3 Å². The van der Waals surface area contributed by atoms with Crippen molar-refractivity contribution in [3.63, 3.8) is 0 Å². The van der Waals surface area contributed by atoms with E-state index in [0.29, 0.717) is 5.02 Å². The van der Waals surface area contributed by atoms with Crippen LogP contribution in [0.1, 0.15) is 19.8 Å². The number of pyridine rings is 1. The molecule has 15 heavy (non-hydrogen) atoms. The van der Waals surface area contributed by atoms with Gasteiger partial charge in [0.1, 0.15) is 5.75 Å². The molecule has 0 saturated heterocycles. The Balaban J connectivity index is 2.34. The van der Waals surface area contributed by atoms with Gasteiger partial charge in [0.05, 0.1) is 17.3 Å². The summed E-state index contributed by atoms with van der Waals surface area (Å²) in [5.74, 6) is 0.736. The van der Waals surface area contributed by atoms with Gasteiger partial charge in [-0.15, -0.1) is 0 Å². The minimum Gasteiger partial charge on any atom is -0.489 e. The minimum absolute atomic E-state index is 0.193. The van der Waals surface area contributed by atoms with Crippen molar-refractivity contribution >= 4 is 11.6 Å². The fourth-order valence-electron chi connectivity index (χ4n) is 1.31. The molecule has 1 aromatic heterocycles. The fourth-order valence-corrected chi connectivity index (χ4v) is 1.48. The molecular weight excluding hydrogens is 212 g/mol. The molecule has 0 bridgehead atoms. The Hall–Kier alpha value is -0.800. The minimum atomic E-state index is 0.193. The maximum absolute atomic E-state index is 5.80. The van der Waals surface area contributed by atoms with Crippen molar-refractivity contribution < 1.29 is 4.74 Å². The van der Waals surface area contributed by atoms with E-state index in [1.165, 1.54) is 0 Å². The summed E-state index contributed by atoms with van der Waals surface area (Å²) in [6.45, 7) is 3.07. The molecule has 4 heteroatoms. The van der Waals surface area contributed by atoms with Gasteiger partial charge in [-0.1, -0.05) is 11.6 Å². The smallest absolute Gasteiger partial charge is 0.139 e. The van der Waals surface area contributed by atoms with Crippen LogP contribution < -0.4 is 10.1 Å². The van der Waals surface area contributed by atoms with Gasteiger partial charge < -0.3 is 10.1 Å². The van der Waals surface area contributed by atoms with Gasteiger partial charge in [0.25, 0.3) is 0 Å². The first kappa shape index (κ1) is 12.3. The summed E-state index contributed by atoms with van der Waals surface area (Å²) < 4.78 is 5.67. The standard InChI is InChI=1S/C11H17ClN2O/c1-9(4-3-5-13-2)15-11-6-10(12)7-14-8-11/h6-9,13H,3-5H2,1-2H3. The SMILES string of the molecule is CNCCCC(C)Oc1cncc(Cl)c1. The lowest BCUT2D eigenvalue weighted by molar-refractivity contribution is 0.207. The maximum Gasteiger partial charge on any atom is 0.139 e. The van der Waals surface area contributed by atoms with E-state index >= 15 is 0 Å². The highest BCUT2D eigenvalue weighted by atomic mass is 35.5. The Morgan fingerprint density at radius 3 is 3.00 bits per heavy atom. The van der Waals surface area contributed by atoms with Crippen LogP contribution in [0.4, 0.5) is 0 Å². The highest BCUT2D eigenvalue weighted by molar-refractivity contribution is 6.30. The molecule has 0 saturated carbocycles. The molecule has 3 nitrogen and oxygen atoms in total. The number of halogens is 1. The number of rotatable bonds is 6. The molecular formula is C11H17ClN2O. The summed E-state index contributed by atoms with van der Waals surface area (Å²) in [5.41, 5.74) is 0. The van der Waals surface area contributed by atoms with E-state index in [2.05, 4.69) is 17.2 Å². The van der Waals surface area contributed by atoms with Crippen LogP contribution in [0, 0.1) is 0 Å². The zero-order chi connectivity index (χ0) is 11.1. The summed E-state index contributed by atoms with van der Waals surface area (Å²) >= 11 is 5.80. The second-order valence-electron chi connectivity index (χ2n) is 3.51. The normalized spacial score (nSPS) is 12.5. The lowest BCUT2D eigenvalue weighted by atomic mass is 10.2. The number of aromatic nitrogens is 1. The topological polar surface area (TPSA) is 34.1 Å². The zero-order valence-corrected chi connectivity index (χ0v) is 9.92. The van der Waals surface area contributed by atoms with Crippen molar-refractivity contribution in [2.75, 3.05) is 13.6 Å². The molecule has 0 aliphatic carbocycles. The molecule has 1 N–H and O–H groups in total. The van der Waals surface area contributed by atoms with Gasteiger partial charge in [-0.2, -0.15) is 0 Å². The molecule has 1 aromatic rings.